The summed E-state index contributed by atoms with van der Waals surface area (Å²) in [6, 6.07) is 7.33. The maximum absolute atomic E-state index is 11.7. The molecule has 100 valence electrons. The second-order valence-electron chi connectivity index (χ2n) is 4.20. The lowest BCUT2D eigenvalue weighted by Gasteiger charge is -2.07. The molecule has 0 saturated heterocycles. The molecule has 1 rings (SSSR count). The Kier molecular flexibility index (Phi) is 7.34. The second kappa shape index (κ2) is 8.86. The largest absolute Gasteiger partial charge is 0.397 e. The van der Waals surface area contributed by atoms with E-state index >= 15 is 0 Å². The number of nitrogens with one attached hydrogen (secondary N) is 1. The lowest BCUT2D eigenvalue weighted by atomic mass is 10.2. The van der Waals surface area contributed by atoms with Gasteiger partial charge in [0, 0.05) is 6.42 Å². The van der Waals surface area contributed by atoms with Crippen molar-refractivity contribution in [1.29, 1.82) is 0 Å². The van der Waals surface area contributed by atoms with E-state index in [2.05, 4.69) is 12.2 Å². The number of nitrogen functional groups attached to an aromatic ring is 1. The summed E-state index contributed by atoms with van der Waals surface area (Å²) in [7, 11) is 0. The number of carbonyl (C=O) groups is 1. The summed E-state index contributed by atoms with van der Waals surface area (Å²) in [5.41, 5.74) is 7.08. The molecule has 3 nitrogen and oxygen atoms in total. The van der Waals surface area contributed by atoms with Gasteiger partial charge in [0.05, 0.1) is 11.4 Å². The fourth-order valence-corrected chi connectivity index (χ4v) is 2.55. The average Bonchev–Trinajstić information content (AvgIpc) is 2.36. The van der Waals surface area contributed by atoms with Gasteiger partial charge in [-0.1, -0.05) is 25.5 Å². The number of nitrogens with two attached hydrogens (primary N) is 1. The van der Waals surface area contributed by atoms with E-state index in [-0.39, 0.29) is 5.91 Å². The van der Waals surface area contributed by atoms with Crippen LogP contribution in [-0.2, 0) is 4.79 Å². The molecule has 3 N–H and O–H groups in total. The van der Waals surface area contributed by atoms with Crippen LogP contribution in [0.4, 0.5) is 11.4 Å². The molecule has 0 aliphatic carbocycles. The zero-order chi connectivity index (χ0) is 13.2. The SMILES string of the molecule is CCCCSCCCC(=O)Nc1ccccc1N. The van der Waals surface area contributed by atoms with Gasteiger partial charge in [0.1, 0.15) is 0 Å². The number of thioether (sulfide) groups is 1. The number of rotatable bonds is 8. The molecular weight excluding hydrogens is 244 g/mol. The van der Waals surface area contributed by atoms with Gasteiger partial charge >= 0.3 is 0 Å². The number of hydrogen-bond acceptors (Lipinski definition) is 3. The van der Waals surface area contributed by atoms with Crippen molar-refractivity contribution in [2.75, 3.05) is 22.6 Å². The van der Waals surface area contributed by atoms with E-state index in [1.165, 1.54) is 18.6 Å². The van der Waals surface area contributed by atoms with Crippen molar-refractivity contribution in [1.82, 2.24) is 0 Å². The number of hydrogen-bond donors (Lipinski definition) is 2. The van der Waals surface area contributed by atoms with Gasteiger partial charge in [0.25, 0.3) is 0 Å². The van der Waals surface area contributed by atoms with Gasteiger partial charge in [-0.3, -0.25) is 4.79 Å². The van der Waals surface area contributed by atoms with E-state index < -0.39 is 0 Å². The first-order chi connectivity index (χ1) is 8.74. The van der Waals surface area contributed by atoms with Crippen molar-refractivity contribution in [3.8, 4) is 0 Å². The predicted molar refractivity (Wildman–Crippen MR) is 81.0 cm³/mol. The standard InChI is InChI=1S/C14H22N2OS/c1-2-3-10-18-11-6-9-14(17)16-13-8-5-4-7-12(13)15/h4-5,7-8H,2-3,6,9-11,15H2,1H3,(H,16,17). The topological polar surface area (TPSA) is 55.1 Å². The number of amides is 1. The van der Waals surface area contributed by atoms with Crippen LogP contribution in [0.15, 0.2) is 24.3 Å². The summed E-state index contributed by atoms with van der Waals surface area (Å²) < 4.78 is 0. The van der Waals surface area contributed by atoms with Crippen LogP contribution in [0.3, 0.4) is 0 Å². The molecule has 0 unspecified atom stereocenters. The quantitative estimate of drug-likeness (QED) is 0.559. The van der Waals surface area contributed by atoms with E-state index in [1.54, 1.807) is 6.07 Å². The van der Waals surface area contributed by atoms with E-state index in [0.29, 0.717) is 17.8 Å². The summed E-state index contributed by atoms with van der Waals surface area (Å²) in [5.74, 6) is 2.30. The monoisotopic (exact) mass is 266 g/mol. The van der Waals surface area contributed by atoms with Crippen molar-refractivity contribution >= 4 is 29.0 Å². The maximum Gasteiger partial charge on any atom is 0.224 e. The zero-order valence-corrected chi connectivity index (χ0v) is 11.8. The maximum atomic E-state index is 11.7. The van der Waals surface area contributed by atoms with E-state index in [1.807, 2.05) is 30.0 Å². The molecule has 4 heteroatoms. The molecule has 0 spiro atoms. The van der Waals surface area contributed by atoms with Gasteiger partial charge in [-0.05, 0) is 36.5 Å². The Bertz CT molecular complexity index is 369. The molecule has 1 amide bonds. The molecule has 18 heavy (non-hydrogen) atoms. The van der Waals surface area contributed by atoms with E-state index in [0.717, 1.165) is 12.2 Å². The van der Waals surface area contributed by atoms with Crippen LogP contribution in [0, 0.1) is 0 Å². The molecule has 0 aliphatic heterocycles. The third kappa shape index (κ3) is 5.96. The molecular formula is C14H22N2OS. The van der Waals surface area contributed by atoms with Crippen LogP contribution in [0.2, 0.25) is 0 Å². The highest BCUT2D eigenvalue weighted by molar-refractivity contribution is 7.99. The van der Waals surface area contributed by atoms with Crippen molar-refractivity contribution in [2.45, 2.75) is 32.6 Å². The number of benzene rings is 1. The van der Waals surface area contributed by atoms with Crippen LogP contribution in [-0.4, -0.2) is 17.4 Å². The third-order valence-corrected chi connectivity index (χ3v) is 3.72. The highest BCUT2D eigenvalue weighted by Crippen LogP contribution is 2.17. The minimum atomic E-state index is 0.0454. The second-order valence-corrected chi connectivity index (χ2v) is 5.43. The number of anilines is 2. The van der Waals surface area contributed by atoms with Crippen LogP contribution in [0.25, 0.3) is 0 Å². The van der Waals surface area contributed by atoms with E-state index in [4.69, 9.17) is 5.73 Å². The Hall–Kier alpha value is -1.16. The first kappa shape index (κ1) is 14.9. The molecule has 0 fully saturated rings. The normalized spacial score (nSPS) is 10.3. The van der Waals surface area contributed by atoms with Gasteiger partial charge < -0.3 is 11.1 Å². The minimum Gasteiger partial charge on any atom is -0.397 e. The Labute approximate surface area is 114 Å². The predicted octanol–water partition coefficient (Wildman–Crippen LogP) is 3.52. The number of para-hydroxylation sites is 2. The Morgan fingerprint density at radius 3 is 2.72 bits per heavy atom. The highest BCUT2D eigenvalue weighted by atomic mass is 32.2. The van der Waals surface area contributed by atoms with Gasteiger partial charge in [-0.2, -0.15) is 11.8 Å². The summed E-state index contributed by atoms with van der Waals surface area (Å²) in [6.07, 6.45) is 3.98. The van der Waals surface area contributed by atoms with Crippen molar-refractivity contribution in [3.05, 3.63) is 24.3 Å². The third-order valence-electron chi connectivity index (χ3n) is 2.57. The smallest absolute Gasteiger partial charge is 0.224 e. The molecule has 0 heterocycles. The van der Waals surface area contributed by atoms with Gasteiger partial charge in [-0.15, -0.1) is 0 Å². The molecule has 0 aliphatic rings. The number of carbonyl (C=O) groups excluding carboxylic acids is 1. The molecule has 1 aromatic rings. The van der Waals surface area contributed by atoms with Gasteiger partial charge in [0.2, 0.25) is 5.91 Å². The van der Waals surface area contributed by atoms with E-state index in [9.17, 15) is 4.79 Å². The first-order valence-corrected chi connectivity index (χ1v) is 7.61. The molecule has 0 bridgehead atoms. The van der Waals surface area contributed by atoms with Crippen LogP contribution in [0.1, 0.15) is 32.6 Å². The summed E-state index contributed by atoms with van der Waals surface area (Å²) in [6.45, 7) is 2.19. The van der Waals surface area contributed by atoms with Gasteiger partial charge in [-0.25, -0.2) is 0 Å². The van der Waals surface area contributed by atoms with Crippen LogP contribution in [0.5, 0.6) is 0 Å². The van der Waals surface area contributed by atoms with Crippen molar-refractivity contribution < 1.29 is 4.79 Å². The summed E-state index contributed by atoms with van der Waals surface area (Å²) in [5, 5.41) is 2.84. The Balaban J connectivity index is 2.16. The Morgan fingerprint density at radius 2 is 2.00 bits per heavy atom. The summed E-state index contributed by atoms with van der Waals surface area (Å²) >= 11 is 1.92. The zero-order valence-electron chi connectivity index (χ0n) is 10.9. The Morgan fingerprint density at radius 1 is 1.28 bits per heavy atom. The molecule has 1 aromatic carbocycles. The molecule has 0 aromatic heterocycles. The fraction of sp³-hybridized carbons (Fsp3) is 0.500. The molecule has 0 saturated carbocycles. The highest BCUT2D eigenvalue weighted by Gasteiger charge is 2.04. The fourth-order valence-electron chi connectivity index (χ4n) is 1.51. The van der Waals surface area contributed by atoms with Crippen molar-refractivity contribution in [3.63, 3.8) is 0 Å². The minimum absolute atomic E-state index is 0.0454. The lowest BCUT2D eigenvalue weighted by molar-refractivity contribution is -0.116. The lowest BCUT2D eigenvalue weighted by Crippen LogP contribution is -2.12. The first-order valence-electron chi connectivity index (χ1n) is 6.46. The van der Waals surface area contributed by atoms with Gasteiger partial charge in [0.15, 0.2) is 0 Å². The molecule has 0 atom stereocenters. The average molecular weight is 266 g/mol. The van der Waals surface area contributed by atoms with Crippen LogP contribution >= 0.6 is 11.8 Å². The van der Waals surface area contributed by atoms with Crippen molar-refractivity contribution in [2.24, 2.45) is 0 Å². The van der Waals surface area contributed by atoms with Crippen LogP contribution < -0.4 is 11.1 Å². The number of unbranched alkanes of at least 4 members (excludes halogenated alkanes) is 1. The summed E-state index contributed by atoms with van der Waals surface area (Å²) in [4.78, 5) is 11.7. The molecule has 0 radical (unpaired) electrons.